The van der Waals surface area contributed by atoms with Gasteiger partial charge in [-0.3, -0.25) is 4.79 Å². The molecule has 2 fully saturated rings. The van der Waals surface area contributed by atoms with E-state index in [4.69, 9.17) is 9.47 Å². The van der Waals surface area contributed by atoms with Crippen molar-refractivity contribution in [3.8, 4) is 11.5 Å². The molecule has 4 nitrogen and oxygen atoms in total. The fourth-order valence-electron chi connectivity index (χ4n) is 6.78. The lowest BCUT2D eigenvalue weighted by atomic mass is 9.44. The van der Waals surface area contributed by atoms with Crippen LogP contribution in [-0.4, -0.2) is 22.8 Å². The Morgan fingerprint density at radius 3 is 2.59 bits per heavy atom. The summed E-state index contributed by atoms with van der Waals surface area (Å²) < 4.78 is 12.3. The summed E-state index contributed by atoms with van der Waals surface area (Å²) in [6, 6.07) is 5.60. The Kier molecular flexibility index (Phi) is 4.07. The molecule has 0 bridgehead atoms. The van der Waals surface area contributed by atoms with Crippen LogP contribution in [0.15, 0.2) is 18.2 Å². The molecule has 3 aliphatic rings. The molecule has 1 aromatic rings. The summed E-state index contributed by atoms with van der Waals surface area (Å²) in [4.78, 5) is 11.6. The van der Waals surface area contributed by atoms with Gasteiger partial charge < -0.3 is 14.6 Å². The first kappa shape index (κ1) is 18.6. The lowest BCUT2D eigenvalue weighted by molar-refractivity contribution is -0.203. The minimum Gasteiger partial charge on any atom is -0.508 e. The van der Waals surface area contributed by atoms with Gasteiger partial charge in [-0.2, -0.15) is 0 Å². The monoisotopic (exact) mass is 372 g/mol. The molecule has 0 saturated heterocycles. The summed E-state index contributed by atoms with van der Waals surface area (Å²) in [6.07, 6.45) is 4.79. The van der Waals surface area contributed by atoms with Gasteiger partial charge in [-0.15, -0.1) is 0 Å². The van der Waals surface area contributed by atoms with Gasteiger partial charge >= 0.3 is 5.97 Å². The Hall–Kier alpha value is -1.71. The van der Waals surface area contributed by atoms with E-state index in [0.29, 0.717) is 17.6 Å². The number of esters is 1. The van der Waals surface area contributed by atoms with Crippen LogP contribution in [0.25, 0.3) is 0 Å². The summed E-state index contributed by atoms with van der Waals surface area (Å²) in [5, 5.41) is 10.4. The van der Waals surface area contributed by atoms with E-state index in [9.17, 15) is 9.90 Å². The molecule has 1 N–H and O–H groups in total. The number of phenolic OH excluding ortho intramolecular Hbond substituents is 1. The van der Waals surface area contributed by atoms with E-state index >= 15 is 0 Å². The lowest BCUT2D eigenvalue weighted by Crippen LogP contribution is -2.63. The molecule has 4 heteroatoms. The van der Waals surface area contributed by atoms with Crippen LogP contribution in [0.5, 0.6) is 11.5 Å². The van der Waals surface area contributed by atoms with Gasteiger partial charge in [0.2, 0.25) is 0 Å². The van der Waals surface area contributed by atoms with E-state index in [2.05, 4.69) is 27.7 Å². The highest BCUT2D eigenvalue weighted by Gasteiger charge is 2.63. The third-order valence-electron chi connectivity index (χ3n) is 8.10. The second-order valence-corrected chi connectivity index (χ2v) is 9.98. The molecular formula is C23H32O4. The molecule has 148 valence electrons. The van der Waals surface area contributed by atoms with Crippen LogP contribution in [0.4, 0.5) is 0 Å². The van der Waals surface area contributed by atoms with Crippen molar-refractivity contribution in [1.29, 1.82) is 0 Å². The van der Waals surface area contributed by atoms with E-state index in [1.54, 1.807) is 6.07 Å². The van der Waals surface area contributed by atoms with E-state index < -0.39 is 0 Å². The van der Waals surface area contributed by atoms with Crippen molar-refractivity contribution < 1.29 is 19.4 Å². The summed E-state index contributed by atoms with van der Waals surface area (Å²) in [6.45, 7) is 10.7. The quantitative estimate of drug-likeness (QED) is 0.715. The van der Waals surface area contributed by atoms with Crippen molar-refractivity contribution in [3.63, 3.8) is 0 Å². The molecule has 1 aromatic carbocycles. The number of carbonyl (C=O) groups excluding carboxylic acids is 1. The summed E-state index contributed by atoms with van der Waals surface area (Å²) >= 11 is 0. The summed E-state index contributed by atoms with van der Waals surface area (Å²) in [7, 11) is 0. The number of benzene rings is 1. The maximum atomic E-state index is 11.6. The highest BCUT2D eigenvalue weighted by Crippen LogP contribution is 2.65. The second kappa shape index (κ2) is 5.89. The van der Waals surface area contributed by atoms with E-state index in [1.807, 2.05) is 12.1 Å². The number of aromatic hydroxyl groups is 1. The van der Waals surface area contributed by atoms with Crippen LogP contribution in [0, 0.1) is 22.7 Å². The van der Waals surface area contributed by atoms with Crippen LogP contribution in [0.3, 0.4) is 0 Å². The average molecular weight is 373 g/mol. The molecule has 4 rings (SSSR count). The molecule has 2 aliphatic carbocycles. The second-order valence-electron chi connectivity index (χ2n) is 9.98. The lowest BCUT2D eigenvalue weighted by Gasteiger charge is -2.64. The maximum absolute atomic E-state index is 11.6. The normalized spacial score (nSPS) is 39.4. The Morgan fingerprint density at radius 2 is 1.89 bits per heavy atom. The van der Waals surface area contributed by atoms with Crippen molar-refractivity contribution in [1.82, 2.24) is 0 Å². The van der Waals surface area contributed by atoms with Gasteiger partial charge in [-0.25, -0.2) is 0 Å². The molecule has 5 atom stereocenters. The molecule has 0 spiro atoms. The van der Waals surface area contributed by atoms with Crippen molar-refractivity contribution in [2.75, 3.05) is 0 Å². The van der Waals surface area contributed by atoms with Crippen LogP contribution >= 0.6 is 0 Å². The van der Waals surface area contributed by atoms with Gasteiger partial charge in [-0.05, 0) is 62.5 Å². The standard InChI is InChI=1S/C23H32O4/c1-14(24)26-20-10-11-22(4)18(21(20,2)3)9-12-23(5)19(22)13-15-16(25)7-6-8-17(15)27-23/h6-8,18-20,25H,9-13H2,1-5H3/t18-,19+,20?,22-,23-/m0/s1. The number of fused-ring (bicyclic) bond motifs is 4. The van der Waals surface area contributed by atoms with Crippen LogP contribution in [0.2, 0.25) is 0 Å². The molecular weight excluding hydrogens is 340 g/mol. The number of carbonyl (C=O) groups is 1. The molecule has 0 aromatic heterocycles. The van der Waals surface area contributed by atoms with E-state index in [1.165, 1.54) is 6.92 Å². The number of hydrogen-bond donors (Lipinski definition) is 1. The maximum Gasteiger partial charge on any atom is 0.302 e. The Labute approximate surface area is 162 Å². The van der Waals surface area contributed by atoms with Crippen molar-refractivity contribution >= 4 is 5.97 Å². The predicted molar refractivity (Wildman–Crippen MR) is 104 cm³/mol. The highest BCUT2D eigenvalue weighted by atomic mass is 16.5. The van der Waals surface area contributed by atoms with Crippen LogP contribution in [-0.2, 0) is 16.0 Å². The Bertz CT molecular complexity index is 770. The highest BCUT2D eigenvalue weighted by molar-refractivity contribution is 5.66. The van der Waals surface area contributed by atoms with Crippen molar-refractivity contribution in [2.24, 2.45) is 22.7 Å². The molecule has 1 aliphatic heterocycles. The largest absolute Gasteiger partial charge is 0.508 e. The first-order valence-electron chi connectivity index (χ1n) is 10.2. The first-order valence-corrected chi connectivity index (χ1v) is 10.2. The third kappa shape index (κ3) is 2.67. The minimum absolute atomic E-state index is 0.0253. The molecule has 2 saturated carbocycles. The number of rotatable bonds is 1. The predicted octanol–water partition coefficient (Wildman–Crippen LogP) is 4.87. The van der Waals surface area contributed by atoms with Crippen molar-refractivity contribution in [2.45, 2.75) is 78.4 Å². The topological polar surface area (TPSA) is 55.8 Å². The zero-order valence-electron chi connectivity index (χ0n) is 17.2. The van der Waals surface area contributed by atoms with E-state index in [-0.39, 0.29) is 28.5 Å². The van der Waals surface area contributed by atoms with Gasteiger partial charge in [0.1, 0.15) is 23.2 Å². The minimum atomic E-state index is -0.212. The number of phenols is 1. The fraction of sp³-hybridized carbons (Fsp3) is 0.696. The smallest absolute Gasteiger partial charge is 0.302 e. The Morgan fingerprint density at radius 1 is 1.15 bits per heavy atom. The molecule has 0 amide bonds. The molecule has 1 unspecified atom stereocenters. The van der Waals surface area contributed by atoms with Crippen LogP contribution in [0.1, 0.15) is 65.9 Å². The third-order valence-corrected chi connectivity index (χ3v) is 8.10. The summed E-state index contributed by atoms with van der Waals surface area (Å²) in [5.74, 6) is 1.79. The number of hydrogen-bond acceptors (Lipinski definition) is 4. The SMILES string of the molecule is CC(=O)OC1CC[C@]2(C)[C@H]3Cc4c(O)cccc4O[C@@]3(C)CC[C@H]2C1(C)C. The van der Waals surface area contributed by atoms with Gasteiger partial charge in [0, 0.05) is 23.8 Å². The molecule has 0 radical (unpaired) electrons. The van der Waals surface area contributed by atoms with Crippen molar-refractivity contribution in [3.05, 3.63) is 23.8 Å². The first-order chi connectivity index (χ1) is 12.6. The van der Waals surface area contributed by atoms with Gasteiger partial charge in [0.05, 0.1) is 0 Å². The number of ether oxygens (including phenoxy) is 2. The zero-order valence-corrected chi connectivity index (χ0v) is 17.2. The average Bonchev–Trinajstić information content (AvgIpc) is 2.56. The Balaban J connectivity index is 1.72. The van der Waals surface area contributed by atoms with Gasteiger partial charge in [0.25, 0.3) is 0 Å². The van der Waals surface area contributed by atoms with Gasteiger partial charge in [0.15, 0.2) is 0 Å². The van der Waals surface area contributed by atoms with Gasteiger partial charge in [-0.1, -0.05) is 26.8 Å². The fourth-order valence-corrected chi connectivity index (χ4v) is 6.78. The van der Waals surface area contributed by atoms with E-state index in [0.717, 1.165) is 43.4 Å². The van der Waals surface area contributed by atoms with Crippen LogP contribution < -0.4 is 4.74 Å². The molecule has 1 heterocycles. The molecule has 27 heavy (non-hydrogen) atoms. The zero-order chi connectivity index (χ0) is 19.6. The summed E-state index contributed by atoms with van der Waals surface area (Å²) in [5.41, 5.74) is 0.754.